The minimum absolute atomic E-state index is 0.0966. The molecule has 1 unspecified atom stereocenters. The summed E-state index contributed by atoms with van der Waals surface area (Å²) >= 11 is 0. The van der Waals surface area contributed by atoms with Crippen LogP contribution in [0.1, 0.15) is 12.8 Å². The Kier molecular flexibility index (Phi) is 4.92. The number of para-hydroxylation sites is 1. The summed E-state index contributed by atoms with van der Waals surface area (Å²) < 4.78 is 18.8. The van der Waals surface area contributed by atoms with Crippen LogP contribution in [0.3, 0.4) is 0 Å². The van der Waals surface area contributed by atoms with Crippen molar-refractivity contribution in [3.05, 3.63) is 24.0 Å². The Balaban J connectivity index is 2.19. The summed E-state index contributed by atoms with van der Waals surface area (Å²) in [6.45, 7) is 1.84. The van der Waals surface area contributed by atoms with E-state index in [4.69, 9.17) is 10.5 Å². The number of benzene rings is 1. The summed E-state index contributed by atoms with van der Waals surface area (Å²) in [6.07, 6.45) is 2.15. The first kappa shape index (κ1) is 14.7. The van der Waals surface area contributed by atoms with E-state index in [-0.39, 0.29) is 12.3 Å². The highest BCUT2D eigenvalue weighted by Gasteiger charge is 2.21. The van der Waals surface area contributed by atoms with Crippen LogP contribution in [0.25, 0.3) is 0 Å². The van der Waals surface area contributed by atoms with E-state index in [2.05, 4.69) is 10.2 Å². The lowest BCUT2D eigenvalue weighted by Gasteiger charge is -2.22. The van der Waals surface area contributed by atoms with Gasteiger partial charge in [-0.3, -0.25) is 4.79 Å². The molecule has 3 N–H and O–H groups in total. The SMILES string of the molecule is COCC(N)C(=O)Nc1c(F)cccc1N1CCCC1. The van der Waals surface area contributed by atoms with Crippen molar-refractivity contribution in [1.82, 2.24) is 0 Å². The molecule has 5 nitrogen and oxygen atoms in total. The largest absolute Gasteiger partial charge is 0.383 e. The normalized spacial score (nSPS) is 16.2. The zero-order valence-corrected chi connectivity index (χ0v) is 11.6. The van der Waals surface area contributed by atoms with E-state index >= 15 is 0 Å². The highest BCUT2D eigenvalue weighted by molar-refractivity contribution is 5.97. The first-order valence-corrected chi connectivity index (χ1v) is 6.72. The van der Waals surface area contributed by atoms with Gasteiger partial charge in [0.05, 0.1) is 12.3 Å². The lowest BCUT2D eigenvalue weighted by atomic mass is 10.2. The molecule has 1 amide bonds. The molecule has 0 aliphatic carbocycles. The number of hydrogen-bond acceptors (Lipinski definition) is 4. The van der Waals surface area contributed by atoms with Crippen LogP contribution in [0.15, 0.2) is 18.2 Å². The topological polar surface area (TPSA) is 67.6 Å². The summed E-state index contributed by atoms with van der Waals surface area (Å²) in [5.74, 6) is -0.898. The van der Waals surface area contributed by atoms with Gasteiger partial charge in [0, 0.05) is 20.2 Å². The molecule has 1 saturated heterocycles. The van der Waals surface area contributed by atoms with Crippen LogP contribution in [0.2, 0.25) is 0 Å². The van der Waals surface area contributed by atoms with Crippen LogP contribution in [-0.2, 0) is 9.53 Å². The molecule has 1 aromatic carbocycles. The second-order valence-corrected chi connectivity index (χ2v) is 4.88. The summed E-state index contributed by atoms with van der Waals surface area (Å²) in [4.78, 5) is 14.0. The van der Waals surface area contributed by atoms with Crippen LogP contribution in [-0.4, -0.2) is 38.8 Å². The van der Waals surface area contributed by atoms with Crippen LogP contribution in [0, 0.1) is 5.82 Å². The van der Waals surface area contributed by atoms with Crippen molar-refractivity contribution in [3.8, 4) is 0 Å². The van der Waals surface area contributed by atoms with Gasteiger partial charge in [-0.15, -0.1) is 0 Å². The summed E-state index contributed by atoms with van der Waals surface area (Å²) in [5, 5.41) is 2.58. The van der Waals surface area contributed by atoms with E-state index in [0.29, 0.717) is 5.69 Å². The lowest BCUT2D eigenvalue weighted by molar-refractivity contribution is -0.118. The zero-order chi connectivity index (χ0) is 14.5. The van der Waals surface area contributed by atoms with E-state index in [0.717, 1.165) is 25.9 Å². The Morgan fingerprint density at radius 2 is 2.20 bits per heavy atom. The fraction of sp³-hybridized carbons (Fsp3) is 0.500. The van der Waals surface area contributed by atoms with Crippen molar-refractivity contribution in [2.75, 3.05) is 37.0 Å². The molecule has 0 saturated carbocycles. The van der Waals surface area contributed by atoms with Crippen molar-refractivity contribution in [2.24, 2.45) is 5.73 Å². The number of hydrogen-bond donors (Lipinski definition) is 2. The maximum atomic E-state index is 14.0. The van der Waals surface area contributed by atoms with Crippen LogP contribution in [0.5, 0.6) is 0 Å². The molecule has 0 radical (unpaired) electrons. The number of carbonyl (C=O) groups excluding carboxylic acids is 1. The summed E-state index contributed by atoms with van der Waals surface area (Å²) in [7, 11) is 1.46. The quantitative estimate of drug-likeness (QED) is 0.854. The first-order chi connectivity index (χ1) is 9.63. The van der Waals surface area contributed by atoms with Gasteiger partial charge in [-0.25, -0.2) is 4.39 Å². The maximum Gasteiger partial charge on any atom is 0.243 e. The third kappa shape index (κ3) is 3.26. The Hall–Kier alpha value is -1.66. The van der Waals surface area contributed by atoms with Gasteiger partial charge in [-0.1, -0.05) is 6.07 Å². The average molecular weight is 281 g/mol. The fourth-order valence-electron chi connectivity index (χ4n) is 2.33. The molecular weight excluding hydrogens is 261 g/mol. The second-order valence-electron chi connectivity index (χ2n) is 4.88. The number of methoxy groups -OCH3 is 1. The molecule has 0 bridgehead atoms. The molecule has 6 heteroatoms. The van der Waals surface area contributed by atoms with Gasteiger partial charge in [-0.05, 0) is 25.0 Å². The Bertz CT molecular complexity index is 475. The van der Waals surface area contributed by atoms with E-state index in [9.17, 15) is 9.18 Å². The smallest absolute Gasteiger partial charge is 0.243 e. The third-order valence-corrected chi connectivity index (χ3v) is 3.37. The molecule has 0 aromatic heterocycles. The summed E-state index contributed by atoms with van der Waals surface area (Å²) in [5.41, 5.74) is 6.56. The number of ether oxygens (including phenoxy) is 1. The van der Waals surface area contributed by atoms with Crippen molar-refractivity contribution < 1.29 is 13.9 Å². The van der Waals surface area contributed by atoms with E-state index in [1.165, 1.54) is 13.2 Å². The minimum Gasteiger partial charge on any atom is -0.383 e. The standard InChI is InChI=1S/C14H20FN3O2/c1-20-9-11(16)14(19)17-13-10(15)5-4-6-12(13)18-7-2-3-8-18/h4-6,11H,2-3,7-9,16H2,1H3,(H,17,19). The average Bonchev–Trinajstić information content (AvgIpc) is 2.95. The number of nitrogens with one attached hydrogen (secondary N) is 1. The molecule has 20 heavy (non-hydrogen) atoms. The van der Waals surface area contributed by atoms with Crippen LogP contribution in [0.4, 0.5) is 15.8 Å². The third-order valence-electron chi connectivity index (χ3n) is 3.37. The van der Waals surface area contributed by atoms with Crippen molar-refractivity contribution in [2.45, 2.75) is 18.9 Å². The highest BCUT2D eigenvalue weighted by atomic mass is 19.1. The lowest BCUT2D eigenvalue weighted by Crippen LogP contribution is -2.39. The number of carbonyl (C=O) groups is 1. The molecular formula is C14H20FN3O2. The van der Waals surface area contributed by atoms with Crippen LogP contribution < -0.4 is 16.0 Å². The monoisotopic (exact) mass is 281 g/mol. The van der Waals surface area contributed by atoms with Crippen molar-refractivity contribution in [1.29, 1.82) is 0 Å². The predicted octanol–water partition coefficient (Wildman–Crippen LogP) is 1.34. The number of nitrogens with two attached hydrogens (primary N) is 1. The molecule has 0 spiro atoms. The van der Waals surface area contributed by atoms with E-state index < -0.39 is 17.8 Å². The van der Waals surface area contributed by atoms with Crippen molar-refractivity contribution in [3.63, 3.8) is 0 Å². The minimum atomic E-state index is -0.814. The molecule has 1 atom stereocenters. The van der Waals surface area contributed by atoms with Gasteiger partial charge in [0.2, 0.25) is 5.91 Å². The van der Waals surface area contributed by atoms with Gasteiger partial charge < -0.3 is 20.7 Å². The molecule has 1 fully saturated rings. The van der Waals surface area contributed by atoms with Crippen LogP contribution >= 0.6 is 0 Å². The second kappa shape index (κ2) is 6.67. The Labute approximate surface area is 117 Å². The van der Waals surface area contributed by atoms with E-state index in [1.54, 1.807) is 6.07 Å². The molecule has 1 aliphatic rings. The number of rotatable bonds is 5. The van der Waals surface area contributed by atoms with E-state index in [1.807, 2.05) is 6.07 Å². The molecule has 1 aromatic rings. The number of halogens is 1. The van der Waals surface area contributed by atoms with Gasteiger partial charge in [0.25, 0.3) is 0 Å². The number of anilines is 2. The number of nitrogens with zero attached hydrogens (tertiary/aromatic N) is 1. The fourth-order valence-corrected chi connectivity index (χ4v) is 2.33. The maximum absolute atomic E-state index is 14.0. The highest BCUT2D eigenvalue weighted by Crippen LogP contribution is 2.31. The van der Waals surface area contributed by atoms with Gasteiger partial charge >= 0.3 is 0 Å². The molecule has 2 rings (SSSR count). The first-order valence-electron chi connectivity index (χ1n) is 6.72. The van der Waals surface area contributed by atoms with Gasteiger partial charge in [0.1, 0.15) is 17.5 Å². The van der Waals surface area contributed by atoms with Crippen molar-refractivity contribution >= 4 is 17.3 Å². The van der Waals surface area contributed by atoms with Gasteiger partial charge in [-0.2, -0.15) is 0 Å². The van der Waals surface area contributed by atoms with Gasteiger partial charge in [0.15, 0.2) is 0 Å². The zero-order valence-electron chi connectivity index (χ0n) is 11.6. The summed E-state index contributed by atoms with van der Waals surface area (Å²) in [6, 6.07) is 3.97. The number of amides is 1. The Morgan fingerprint density at radius 3 is 2.85 bits per heavy atom. The Morgan fingerprint density at radius 1 is 1.50 bits per heavy atom. The molecule has 1 aliphatic heterocycles. The molecule has 110 valence electrons. The molecule has 1 heterocycles. The predicted molar refractivity (Wildman–Crippen MR) is 76.3 cm³/mol.